The number of nitrogens with zero attached hydrogens (tertiary/aromatic N) is 4. The smallest absolute Gasteiger partial charge is 0.250 e. The topological polar surface area (TPSA) is 69.1 Å². The molecule has 2 aromatic rings. The Bertz CT molecular complexity index is 703. The molecule has 0 atom stereocenters. The zero-order valence-electron chi connectivity index (χ0n) is 11.5. The maximum atomic E-state index is 12.1. The standard InChI is InChI=1S/C16H14N4O/c1-20(14-8-3-2-4-9-14)16(21)12-11-13-7-5-6-10-15(13)18-19-17/h2-12H,1H3/b12-11+. The summed E-state index contributed by atoms with van der Waals surface area (Å²) in [6.07, 6.45) is 3.10. The fourth-order valence-electron chi connectivity index (χ4n) is 1.82. The molecular formula is C16H14N4O. The van der Waals surface area contributed by atoms with Gasteiger partial charge in [-0.1, -0.05) is 47.6 Å². The minimum Gasteiger partial charge on any atom is -0.312 e. The normalized spacial score (nSPS) is 10.1. The van der Waals surface area contributed by atoms with Crippen LogP contribution >= 0.6 is 0 Å². The Labute approximate surface area is 122 Å². The van der Waals surface area contributed by atoms with Crippen LogP contribution in [0.3, 0.4) is 0 Å². The van der Waals surface area contributed by atoms with Crippen molar-refractivity contribution in [2.45, 2.75) is 0 Å². The summed E-state index contributed by atoms with van der Waals surface area (Å²) in [5.41, 5.74) is 10.5. The lowest BCUT2D eigenvalue weighted by Crippen LogP contribution is -2.23. The van der Waals surface area contributed by atoms with Gasteiger partial charge in [-0.25, -0.2) is 0 Å². The highest BCUT2D eigenvalue weighted by Crippen LogP contribution is 2.20. The van der Waals surface area contributed by atoms with Gasteiger partial charge in [0.1, 0.15) is 0 Å². The van der Waals surface area contributed by atoms with E-state index in [2.05, 4.69) is 10.0 Å². The zero-order chi connectivity index (χ0) is 15.1. The summed E-state index contributed by atoms with van der Waals surface area (Å²) < 4.78 is 0. The number of rotatable bonds is 4. The van der Waals surface area contributed by atoms with Gasteiger partial charge in [-0.05, 0) is 29.3 Å². The van der Waals surface area contributed by atoms with Gasteiger partial charge in [-0.2, -0.15) is 0 Å². The van der Waals surface area contributed by atoms with Crippen molar-refractivity contribution >= 4 is 23.4 Å². The van der Waals surface area contributed by atoms with Crippen molar-refractivity contribution in [2.75, 3.05) is 11.9 Å². The number of azide groups is 1. The van der Waals surface area contributed by atoms with Crippen molar-refractivity contribution in [1.82, 2.24) is 0 Å². The zero-order valence-corrected chi connectivity index (χ0v) is 11.5. The Hall–Kier alpha value is -3.04. The first-order valence-corrected chi connectivity index (χ1v) is 6.37. The first-order valence-electron chi connectivity index (χ1n) is 6.37. The van der Waals surface area contributed by atoms with Crippen LogP contribution in [-0.2, 0) is 4.79 Å². The molecule has 0 heterocycles. The SMILES string of the molecule is CN(C(=O)/C=C/c1ccccc1N=[N+]=[N-])c1ccccc1. The van der Waals surface area contributed by atoms with Gasteiger partial charge >= 0.3 is 0 Å². The van der Waals surface area contributed by atoms with E-state index >= 15 is 0 Å². The monoisotopic (exact) mass is 278 g/mol. The van der Waals surface area contributed by atoms with Gasteiger partial charge in [0.05, 0.1) is 0 Å². The van der Waals surface area contributed by atoms with Crippen molar-refractivity contribution in [1.29, 1.82) is 0 Å². The van der Waals surface area contributed by atoms with Crippen LogP contribution in [0.25, 0.3) is 16.5 Å². The lowest BCUT2D eigenvalue weighted by atomic mass is 10.1. The van der Waals surface area contributed by atoms with E-state index in [1.54, 1.807) is 36.2 Å². The maximum absolute atomic E-state index is 12.1. The number of hydrogen-bond acceptors (Lipinski definition) is 2. The summed E-state index contributed by atoms with van der Waals surface area (Å²) in [7, 11) is 1.71. The second-order valence-electron chi connectivity index (χ2n) is 4.31. The van der Waals surface area contributed by atoms with Crippen molar-refractivity contribution in [3.63, 3.8) is 0 Å². The molecule has 21 heavy (non-hydrogen) atoms. The van der Waals surface area contributed by atoms with Gasteiger partial charge in [-0.3, -0.25) is 4.79 Å². The molecule has 0 aliphatic rings. The summed E-state index contributed by atoms with van der Waals surface area (Å²) in [6.45, 7) is 0. The molecule has 0 spiro atoms. The number of para-hydroxylation sites is 1. The molecular weight excluding hydrogens is 264 g/mol. The second-order valence-corrected chi connectivity index (χ2v) is 4.31. The summed E-state index contributed by atoms with van der Waals surface area (Å²) in [5.74, 6) is -0.156. The molecule has 2 rings (SSSR count). The van der Waals surface area contributed by atoms with Gasteiger partial charge in [0.2, 0.25) is 0 Å². The Morgan fingerprint density at radius 3 is 2.52 bits per heavy atom. The lowest BCUT2D eigenvalue weighted by Gasteiger charge is -2.14. The first-order chi connectivity index (χ1) is 10.2. The summed E-state index contributed by atoms with van der Waals surface area (Å²) in [4.78, 5) is 16.4. The number of carbonyl (C=O) groups excluding carboxylic acids is 1. The van der Waals surface area contributed by atoms with E-state index < -0.39 is 0 Å². The molecule has 0 fully saturated rings. The molecule has 5 heteroatoms. The van der Waals surface area contributed by atoms with Crippen molar-refractivity contribution in [3.05, 3.63) is 76.7 Å². The van der Waals surface area contributed by atoms with Crippen molar-refractivity contribution in [2.24, 2.45) is 5.11 Å². The number of carbonyl (C=O) groups is 1. The van der Waals surface area contributed by atoms with Crippen LogP contribution in [0.15, 0.2) is 65.8 Å². The summed E-state index contributed by atoms with van der Waals surface area (Å²) in [5, 5.41) is 3.59. The van der Waals surface area contributed by atoms with E-state index in [-0.39, 0.29) is 5.91 Å². The lowest BCUT2D eigenvalue weighted by molar-refractivity contribution is -0.113. The molecule has 0 radical (unpaired) electrons. The van der Waals surface area contributed by atoms with Crippen LogP contribution in [0.2, 0.25) is 0 Å². The quantitative estimate of drug-likeness (QED) is 0.355. The van der Waals surface area contributed by atoms with E-state index in [4.69, 9.17) is 5.53 Å². The fraction of sp³-hybridized carbons (Fsp3) is 0.0625. The minimum atomic E-state index is -0.156. The van der Waals surface area contributed by atoms with Crippen LogP contribution in [0.4, 0.5) is 11.4 Å². The van der Waals surface area contributed by atoms with E-state index in [9.17, 15) is 4.79 Å². The number of likely N-dealkylation sites (N-methyl/N-ethyl adjacent to an activating group) is 1. The molecule has 0 aromatic heterocycles. The molecule has 5 nitrogen and oxygen atoms in total. The second kappa shape index (κ2) is 6.93. The first kappa shape index (κ1) is 14.4. The average molecular weight is 278 g/mol. The fourth-order valence-corrected chi connectivity index (χ4v) is 1.82. The van der Waals surface area contributed by atoms with Crippen LogP contribution in [0.1, 0.15) is 5.56 Å². The van der Waals surface area contributed by atoms with E-state index in [0.29, 0.717) is 11.3 Å². The van der Waals surface area contributed by atoms with Crippen LogP contribution in [0.5, 0.6) is 0 Å². The highest BCUT2D eigenvalue weighted by Gasteiger charge is 2.06. The number of benzene rings is 2. The molecule has 0 unspecified atom stereocenters. The molecule has 0 N–H and O–H groups in total. The molecule has 1 amide bonds. The maximum Gasteiger partial charge on any atom is 0.250 e. The average Bonchev–Trinajstić information content (AvgIpc) is 2.54. The highest BCUT2D eigenvalue weighted by atomic mass is 16.2. The molecule has 0 saturated heterocycles. The Morgan fingerprint density at radius 1 is 1.14 bits per heavy atom. The molecule has 2 aromatic carbocycles. The van der Waals surface area contributed by atoms with Crippen LogP contribution in [-0.4, -0.2) is 13.0 Å². The summed E-state index contributed by atoms with van der Waals surface area (Å²) >= 11 is 0. The predicted octanol–water partition coefficient (Wildman–Crippen LogP) is 4.30. The van der Waals surface area contributed by atoms with Gasteiger partial charge in [0, 0.05) is 29.4 Å². The molecule has 0 saturated carbocycles. The third-order valence-electron chi connectivity index (χ3n) is 2.97. The largest absolute Gasteiger partial charge is 0.312 e. The highest BCUT2D eigenvalue weighted by molar-refractivity contribution is 6.03. The third-order valence-corrected chi connectivity index (χ3v) is 2.97. The van der Waals surface area contributed by atoms with Crippen LogP contribution < -0.4 is 4.90 Å². The van der Waals surface area contributed by atoms with Crippen molar-refractivity contribution < 1.29 is 4.79 Å². The third kappa shape index (κ3) is 3.72. The molecule has 0 aliphatic heterocycles. The molecule has 104 valence electrons. The number of amides is 1. The molecule has 0 bridgehead atoms. The van der Waals surface area contributed by atoms with E-state index in [1.165, 1.54) is 6.08 Å². The van der Waals surface area contributed by atoms with E-state index in [1.807, 2.05) is 36.4 Å². The van der Waals surface area contributed by atoms with Gasteiger partial charge in [0.15, 0.2) is 0 Å². The van der Waals surface area contributed by atoms with Gasteiger partial charge in [0.25, 0.3) is 5.91 Å². The Morgan fingerprint density at radius 2 is 1.81 bits per heavy atom. The Balaban J connectivity index is 2.18. The summed E-state index contributed by atoms with van der Waals surface area (Å²) in [6, 6.07) is 16.5. The van der Waals surface area contributed by atoms with Gasteiger partial charge in [-0.15, -0.1) is 0 Å². The number of anilines is 1. The predicted molar refractivity (Wildman–Crippen MR) is 84.1 cm³/mol. The molecule has 0 aliphatic carbocycles. The Kier molecular flexibility index (Phi) is 4.75. The number of hydrogen-bond donors (Lipinski definition) is 0. The van der Waals surface area contributed by atoms with Gasteiger partial charge < -0.3 is 4.90 Å². The van der Waals surface area contributed by atoms with E-state index in [0.717, 1.165) is 5.69 Å². The minimum absolute atomic E-state index is 0.156. The van der Waals surface area contributed by atoms with Crippen molar-refractivity contribution in [3.8, 4) is 0 Å². The van der Waals surface area contributed by atoms with Crippen LogP contribution in [0, 0.1) is 0 Å².